The van der Waals surface area contributed by atoms with Gasteiger partial charge in [-0.1, -0.05) is 0 Å². The monoisotopic (exact) mass is 310 g/mol. The Morgan fingerprint density at radius 1 is 0.905 bits per heavy atom. The third-order valence-electron chi connectivity index (χ3n) is 2.25. The normalized spacial score (nSPS) is 11.4. The number of aliphatic hydroxyl groups excluding tert-OH is 3. The van der Waals surface area contributed by atoms with Crippen molar-refractivity contribution in [3.05, 3.63) is 0 Å². The van der Waals surface area contributed by atoms with Crippen molar-refractivity contribution in [2.75, 3.05) is 26.4 Å². The maximum Gasteiger partial charge on any atom is 0.303 e. The Bertz CT molecular complexity index is 241. The predicted molar refractivity (Wildman–Crippen MR) is 74.0 cm³/mol. The lowest BCUT2D eigenvalue weighted by Gasteiger charge is -2.07. The van der Waals surface area contributed by atoms with Gasteiger partial charge in [-0.2, -0.15) is 0 Å². The molecule has 8 nitrogen and oxygen atoms in total. The average Bonchev–Trinajstić information content (AvgIpc) is 2.43. The molecular formula is C13H26O8. The van der Waals surface area contributed by atoms with E-state index in [2.05, 4.69) is 0 Å². The third-order valence-corrected chi connectivity index (χ3v) is 2.25. The topological polar surface area (TPSA) is 145 Å². The van der Waals surface area contributed by atoms with Gasteiger partial charge in [0.1, 0.15) is 6.10 Å². The molecule has 0 aromatic heterocycles. The molecule has 8 heteroatoms. The summed E-state index contributed by atoms with van der Waals surface area (Å²) in [6.45, 7) is 0.603. The summed E-state index contributed by atoms with van der Waals surface area (Å²) in [5, 5.41) is 41.8. The number of unbranched alkanes of at least 4 members (excludes halogenated alkanes) is 2. The number of hydrogen-bond donors (Lipinski definition) is 5. The highest BCUT2D eigenvalue weighted by atomic mass is 16.5. The summed E-state index contributed by atoms with van der Waals surface area (Å²) in [6.07, 6.45) is 1.75. The molecule has 1 unspecified atom stereocenters. The first-order chi connectivity index (χ1) is 9.93. The maximum absolute atomic E-state index is 9.90. The van der Waals surface area contributed by atoms with Crippen molar-refractivity contribution in [3.63, 3.8) is 0 Å². The lowest BCUT2D eigenvalue weighted by molar-refractivity contribution is -0.139. The zero-order valence-corrected chi connectivity index (χ0v) is 12.1. The molecular weight excluding hydrogens is 284 g/mol. The number of ether oxygens (including phenoxy) is 1. The minimum absolute atomic E-state index is 0.0628. The van der Waals surface area contributed by atoms with Gasteiger partial charge < -0.3 is 30.3 Å². The second-order valence-corrected chi connectivity index (χ2v) is 4.34. The molecule has 0 bridgehead atoms. The van der Waals surface area contributed by atoms with Gasteiger partial charge in [-0.05, 0) is 25.7 Å². The molecule has 0 radical (unpaired) electrons. The summed E-state index contributed by atoms with van der Waals surface area (Å²) in [7, 11) is 0. The summed E-state index contributed by atoms with van der Waals surface area (Å²) >= 11 is 0. The fraction of sp³-hybridized carbons (Fsp3) is 0.846. The number of aliphatic hydroxyl groups is 3. The predicted octanol–water partition coefficient (Wildman–Crippen LogP) is -0.155. The summed E-state index contributed by atoms with van der Waals surface area (Å²) in [6, 6.07) is 0. The van der Waals surface area contributed by atoms with Gasteiger partial charge in [0.2, 0.25) is 0 Å². The van der Waals surface area contributed by atoms with Crippen LogP contribution in [0, 0.1) is 0 Å². The van der Waals surface area contributed by atoms with Crippen LogP contribution < -0.4 is 0 Å². The number of carbonyl (C=O) groups is 2. The molecule has 0 amide bonds. The van der Waals surface area contributed by atoms with Crippen LogP contribution in [-0.4, -0.2) is 70.0 Å². The summed E-state index contributed by atoms with van der Waals surface area (Å²) < 4.78 is 4.97. The van der Waals surface area contributed by atoms with Gasteiger partial charge in [0.15, 0.2) is 0 Å². The largest absolute Gasteiger partial charge is 0.481 e. The van der Waals surface area contributed by atoms with Crippen molar-refractivity contribution in [2.24, 2.45) is 0 Å². The first-order valence-corrected chi connectivity index (χ1v) is 6.85. The van der Waals surface area contributed by atoms with Crippen molar-refractivity contribution in [3.8, 4) is 0 Å². The van der Waals surface area contributed by atoms with Crippen LogP contribution >= 0.6 is 0 Å². The molecule has 21 heavy (non-hydrogen) atoms. The summed E-state index contributed by atoms with van der Waals surface area (Å²) in [5.74, 6) is -1.74. The van der Waals surface area contributed by atoms with E-state index in [1.54, 1.807) is 0 Å². The van der Waals surface area contributed by atoms with Gasteiger partial charge in [0.05, 0.1) is 13.2 Å². The second kappa shape index (κ2) is 16.8. The van der Waals surface area contributed by atoms with Crippen molar-refractivity contribution >= 4 is 11.9 Å². The molecule has 0 aliphatic carbocycles. The minimum atomic E-state index is -0.870. The van der Waals surface area contributed by atoms with E-state index in [9.17, 15) is 9.59 Å². The molecule has 0 saturated heterocycles. The van der Waals surface area contributed by atoms with Gasteiger partial charge in [-0.3, -0.25) is 9.59 Å². The Labute approximate surface area is 124 Å². The molecule has 5 N–H and O–H groups in total. The third kappa shape index (κ3) is 24.2. The maximum atomic E-state index is 9.90. The summed E-state index contributed by atoms with van der Waals surface area (Å²) in [5.41, 5.74) is 0. The Hall–Kier alpha value is -1.22. The molecule has 126 valence electrons. The first-order valence-electron chi connectivity index (χ1n) is 6.85. The second-order valence-electron chi connectivity index (χ2n) is 4.34. The van der Waals surface area contributed by atoms with Crippen LogP contribution in [0.5, 0.6) is 0 Å². The van der Waals surface area contributed by atoms with E-state index in [-0.39, 0.29) is 32.7 Å². The van der Waals surface area contributed by atoms with E-state index in [1.165, 1.54) is 0 Å². The summed E-state index contributed by atoms with van der Waals surface area (Å²) in [4.78, 5) is 19.8. The number of carboxylic acid groups (broad SMARTS) is 2. The molecule has 0 aromatic carbocycles. The van der Waals surface area contributed by atoms with E-state index in [4.69, 9.17) is 30.3 Å². The van der Waals surface area contributed by atoms with Crippen LogP contribution in [0.1, 0.15) is 38.5 Å². The zero-order chi connectivity index (χ0) is 16.5. The lowest BCUT2D eigenvalue weighted by atomic mass is 10.2. The van der Waals surface area contributed by atoms with E-state index in [1.807, 2.05) is 0 Å². The van der Waals surface area contributed by atoms with E-state index >= 15 is 0 Å². The number of rotatable bonds is 12. The Balaban J connectivity index is 0. The number of carboxylic acids is 2. The van der Waals surface area contributed by atoms with Crippen molar-refractivity contribution in [1.82, 2.24) is 0 Å². The van der Waals surface area contributed by atoms with Crippen molar-refractivity contribution < 1.29 is 39.9 Å². The van der Waals surface area contributed by atoms with Gasteiger partial charge in [-0.15, -0.1) is 0 Å². The van der Waals surface area contributed by atoms with Crippen LogP contribution in [-0.2, 0) is 14.3 Å². The van der Waals surface area contributed by atoms with Crippen molar-refractivity contribution in [2.45, 2.75) is 44.6 Å². The van der Waals surface area contributed by atoms with Gasteiger partial charge in [-0.25, -0.2) is 0 Å². The van der Waals surface area contributed by atoms with Crippen LogP contribution in [0.4, 0.5) is 0 Å². The SMILES string of the molecule is O=C(O)CCCCC(=O)O.OCCCCOCC(O)CO. The van der Waals surface area contributed by atoms with Crippen LogP contribution in [0.2, 0.25) is 0 Å². The van der Waals surface area contributed by atoms with Gasteiger partial charge in [0.25, 0.3) is 0 Å². The fourth-order valence-corrected chi connectivity index (χ4v) is 1.14. The van der Waals surface area contributed by atoms with E-state index in [0.717, 1.165) is 12.8 Å². The van der Waals surface area contributed by atoms with Crippen molar-refractivity contribution in [1.29, 1.82) is 0 Å². The first kappa shape index (κ1) is 22.1. The zero-order valence-electron chi connectivity index (χ0n) is 12.1. The Morgan fingerprint density at radius 2 is 1.43 bits per heavy atom. The lowest BCUT2D eigenvalue weighted by Crippen LogP contribution is -2.19. The molecule has 0 rings (SSSR count). The molecule has 0 aromatic rings. The molecule has 0 spiro atoms. The van der Waals surface area contributed by atoms with Crippen LogP contribution in [0.3, 0.4) is 0 Å². The average molecular weight is 310 g/mol. The molecule has 1 atom stereocenters. The number of aliphatic carboxylic acids is 2. The van der Waals surface area contributed by atoms with Gasteiger partial charge >= 0.3 is 11.9 Å². The Kier molecular flexibility index (Phi) is 17.7. The highest BCUT2D eigenvalue weighted by Gasteiger charge is 2.00. The Morgan fingerprint density at radius 3 is 1.81 bits per heavy atom. The molecule has 0 aliphatic heterocycles. The van der Waals surface area contributed by atoms with E-state index < -0.39 is 18.0 Å². The quantitative estimate of drug-likeness (QED) is 0.313. The molecule has 0 fully saturated rings. The van der Waals surface area contributed by atoms with Crippen LogP contribution in [0.15, 0.2) is 0 Å². The standard InChI is InChI=1S/C7H16O4.C6H10O4/c8-3-1-2-4-11-6-7(10)5-9;7-5(8)3-1-2-4-6(9)10/h7-10H,1-6H2;1-4H2,(H,7,8)(H,9,10). The highest BCUT2D eigenvalue weighted by molar-refractivity contribution is 5.67. The fourth-order valence-electron chi connectivity index (χ4n) is 1.14. The minimum Gasteiger partial charge on any atom is -0.481 e. The van der Waals surface area contributed by atoms with E-state index in [0.29, 0.717) is 19.4 Å². The van der Waals surface area contributed by atoms with Crippen LogP contribution in [0.25, 0.3) is 0 Å². The molecule has 0 aliphatic rings. The molecule has 0 saturated carbocycles. The smallest absolute Gasteiger partial charge is 0.303 e. The van der Waals surface area contributed by atoms with Gasteiger partial charge in [0, 0.05) is 26.1 Å². The number of hydrogen-bond acceptors (Lipinski definition) is 6. The highest BCUT2D eigenvalue weighted by Crippen LogP contribution is 1.98. The molecule has 0 heterocycles.